The van der Waals surface area contributed by atoms with Crippen molar-refractivity contribution in [3.63, 3.8) is 0 Å². The lowest BCUT2D eigenvalue weighted by atomic mass is 9.77. The monoisotopic (exact) mass is 799 g/mol. The summed E-state index contributed by atoms with van der Waals surface area (Å²) in [6.45, 7) is 15.5. The number of hydrogen-bond donors (Lipinski definition) is 1. The Morgan fingerprint density at radius 1 is 1.07 bits per heavy atom. The first kappa shape index (κ1) is 42.7. The molecule has 56 heavy (non-hydrogen) atoms. The summed E-state index contributed by atoms with van der Waals surface area (Å²) in [4.78, 5) is 85.3. The van der Waals surface area contributed by atoms with Gasteiger partial charge in [0.2, 0.25) is 21.8 Å². The number of carbonyl (C=O) groups is 6. The van der Waals surface area contributed by atoms with Gasteiger partial charge in [-0.05, 0) is 83.9 Å². The van der Waals surface area contributed by atoms with E-state index in [1.54, 1.807) is 60.6 Å². The summed E-state index contributed by atoms with van der Waals surface area (Å²) in [5, 5.41) is -0.673. The Morgan fingerprint density at radius 3 is 2.32 bits per heavy atom. The van der Waals surface area contributed by atoms with Crippen LogP contribution < -0.4 is 4.72 Å². The summed E-state index contributed by atoms with van der Waals surface area (Å²) in [7, 11) is -3.93. The number of halogens is 1. The number of benzene rings is 1. The fourth-order valence-electron chi connectivity index (χ4n) is 7.71. The minimum atomic E-state index is -3.93. The molecule has 2 unspecified atom stereocenters. The molecule has 1 aromatic rings. The van der Waals surface area contributed by atoms with Crippen LogP contribution in [-0.4, -0.2) is 83.2 Å². The highest BCUT2D eigenvalue weighted by molar-refractivity contribution is 7.90. The Kier molecular flexibility index (Phi) is 12.1. The number of esters is 1. The third kappa shape index (κ3) is 9.75. The number of amides is 3. The molecule has 1 N–H and O–H groups in total. The van der Waals surface area contributed by atoms with Crippen molar-refractivity contribution in [1.82, 2.24) is 14.5 Å². The van der Waals surface area contributed by atoms with Crippen LogP contribution in [0.4, 0.5) is 9.18 Å². The maximum Gasteiger partial charge on any atom is 0.410 e. The predicted octanol–water partition coefficient (Wildman–Crippen LogP) is 5.31. The molecule has 0 bridgehead atoms. The summed E-state index contributed by atoms with van der Waals surface area (Å²) in [5.41, 5.74) is -1.67. The number of fused-ring (bicyclic) bond motifs is 1. The third-order valence-corrected chi connectivity index (χ3v) is 12.8. The first-order valence-electron chi connectivity index (χ1n) is 19.1. The van der Waals surface area contributed by atoms with Crippen LogP contribution in [0.1, 0.15) is 105 Å². The molecule has 4 aliphatic rings. The van der Waals surface area contributed by atoms with Crippen molar-refractivity contribution in [2.45, 2.75) is 129 Å². The molecule has 2 heterocycles. The SMILES string of the molecule is C=C[C@@H]1C[C@]1(CC(=O)C1CC(OC(=O)N2Cc3cccc(F)c3C2)CN1C(=O)[C@@H](CC(=O)OC(C)(C)C)CC(C)(C)C(=O)C=C(C)C)C(=O)NS(=O)(=O)C1CC1. The highest BCUT2D eigenvalue weighted by Crippen LogP contribution is 2.57. The molecule has 2 saturated carbocycles. The first-order valence-corrected chi connectivity index (χ1v) is 20.7. The number of likely N-dealkylation sites (tertiary alicyclic amines) is 1. The minimum Gasteiger partial charge on any atom is -0.460 e. The van der Waals surface area contributed by atoms with Gasteiger partial charge in [0.05, 0.1) is 36.2 Å². The number of ether oxygens (including phenoxy) is 2. The van der Waals surface area contributed by atoms with Crippen molar-refractivity contribution in [3.05, 3.63) is 59.4 Å². The van der Waals surface area contributed by atoms with Gasteiger partial charge in [-0.3, -0.25) is 33.6 Å². The molecule has 0 spiro atoms. The third-order valence-electron chi connectivity index (χ3n) is 11.0. The Morgan fingerprint density at radius 2 is 1.75 bits per heavy atom. The first-order chi connectivity index (χ1) is 26.0. The van der Waals surface area contributed by atoms with Crippen molar-refractivity contribution in [2.75, 3.05) is 6.54 Å². The van der Waals surface area contributed by atoms with Crippen LogP contribution >= 0.6 is 0 Å². The van der Waals surface area contributed by atoms with Crippen molar-refractivity contribution in [2.24, 2.45) is 22.7 Å². The molecule has 3 amide bonds. The van der Waals surface area contributed by atoms with Gasteiger partial charge in [0.15, 0.2) is 11.6 Å². The zero-order chi connectivity index (χ0) is 41.5. The van der Waals surface area contributed by atoms with E-state index in [1.807, 2.05) is 0 Å². The van der Waals surface area contributed by atoms with E-state index in [9.17, 15) is 41.6 Å². The maximum atomic E-state index is 14.7. The molecule has 5 atom stereocenters. The van der Waals surface area contributed by atoms with E-state index >= 15 is 0 Å². The van der Waals surface area contributed by atoms with Crippen LogP contribution in [-0.2, 0) is 56.6 Å². The number of hydrogen-bond acceptors (Lipinski definition) is 10. The lowest BCUT2D eigenvalue weighted by molar-refractivity contribution is -0.159. The molecule has 0 radical (unpaired) electrons. The summed E-state index contributed by atoms with van der Waals surface area (Å²) >= 11 is 0. The lowest BCUT2D eigenvalue weighted by Gasteiger charge is -2.32. The molecule has 2 aliphatic carbocycles. The average molecular weight is 800 g/mol. The molecule has 2 aliphatic heterocycles. The van der Waals surface area contributed by atoms with Gasteiger partial charge in [-0.25, -0.2) is 17.6 Å². The van der Waals surface area contributed by atoms with E-state index in [1.165, 1.54) is 28.0 Å². The second-order valence-corrected chi connectivity index (χ2v) is 19.6. The number of nitrogens with zero attached hydrogens (tertiary/aromatic N) is 2. The summed E-state index contributed by atoms with van der Waals surface area (Å²) in [6, 6.07) is 3.33. The number of carbonyl (C=O) groups excluding carboxylic acids is 6. The number of allylic oxidation sites excluding steroid dienone is 3. The highest BCUT2D eigenvalue weighted by atomic mass is 32.2. The summed E-state index contributed by atoms with van der Waals surface area (Å²) < 4.78 is 53.6. The maximum absolute atomic E-state index is 14.7. The van der Waals surface area contributed by atoms with Gasteiger partial charge >= 0.3 is 12.1 Å². The number of Topliss-reactive ketones (excluding diaryl/α,β-unsaturated/α-hetero) is 1. The van der Waals surface area contributed by atoms with Crippen LogP contribution in [0.3, 0.4) is 0 Å². The Bertz CT molecular complexity index is 1940. The normalized spacial score (nSPS) is 23.8. The second-order valence-electron chi connectivity index (χ2n) is 17.7. The van der Waals surface area contributed by atoms with Crippen LogP contribution in [0.2, 0.25) is 0 Å². The van der Waals surface area contributed by atoms with Crippen LogP contribution in [0.5, 0.6) is 0 Å². The number of sulfonamides is 1. The Balaban J connectivity index is 1.43. The van der Waals surface area contributed by atoms with Gasteiger partial charge in [0.25, 0.3) is 0 Å². The standard InChI is InChI=1S/C41H54FN3O10S/c1-9-27-19-41(27,37(50)43-56(52,53)29-13-14-29)20-33(46)32-17-28(54-38(51)44-21-25-11-10-12-31(42)30(25)23-44)22-45(32)36(49)26(16-35(48)55-39(4,5)6)18-40(7,8)34(47)15-24(2)3/h9-12,15,26-29,32H,1,13-14,16-23H2,2-8H3,(H,43,50)/t26-,27+,28?,32?,41+/m0/s1. The Labute approximate surface area is 328 Å². The average Bonchev–Trinajstić information content (AvgIpc) is 3.97. The molecule has 0 aromatic heterocycles. The summed E-state index contributed by atoms with van der Waals surface area (Å²) in [5.74, 6) is -5.07. The van der Waals surface area contributed by atoms with Crippen molar-refractivity contribution in [1.29, 1.82) is 0 Å². The van der Waals surface area contributed by atoms with E-state index in [0.29, 0.717) is 24.0 Å². The zero-order valence-corrected chi connectivity index (χ0v) is 34.1. The quantitative estimate of drug-likeness (QED) is 0.139. The molecule has 3 fully saturated rings. The molecule has 5 rings (SSSR count). The van der Waals surface area contributed by atoms with Gasteiger partial charge < -0.3 is 14.4 Å². The molecular weight excluding hydrogens is 746 g/mol. The Hall–Kier alpha value is -4.40. The lowest BCUT2D eigenvalue weighted by Crippen LogP contribution is -2.47. The topological polar surface area (TPSA) is 174 Å². The van der Waals surface area contributed by atoms with Crippen LogP contribution in [0, 0.1) is 28.5 Å². The fourth-order valence-corrected chi connectivity index (χ4v) is 9.09. The van der Waals surface area contributed by atoms with Gasteiger partial charge in [-0.15, -0.1) is 6.58 Å². The van der Waals surface area contributed by atoms with E-state index in [4.69, 9.17) is 9.47 Å². The summed E-state index contributed by atoms with van der Waals surface area (Å²) in [6.07, 6.45) is 1.13. The minimum absolute atomic E-state index is 0.0321. The van der Waals surface area contributed by atoms with Crippen molar-refractivity contribution < 1.29 is 51.0 Å². The second kappa shape index (κ2) is 15.9. The number of rotatable bonds is 15. The molecule has 1 aromatic carbocycles. The predicted molar refractivity (Wildman–Crippen MR) is 203 cm³/mol. The smallest absolute Gasteiger partial charge is 0.410 e. The van der Waals surface area contributed by atoms with Crippen molar-refractivity contribution >= 4 is 45.5 Å². The molecule has 1 saturated heterocycles. The number of ketones is 2. The van der Waals surface area contributed by atoms with Gasteiger partial charge in [-0.1, -0.05) is 37.6 Å². The highest BCUT2D eigenvalue weighted by Gasteiger charge is 2.61. The van der Waals surface area contributed by atoms with Gasteiger partial charge in [0, 0.05) is 36.3 Å². The molecule has 306 valence electrons. The number of nitrogens with one attached hydrogen (secondary N) is 1. The molecule has 15 heteroatoms. The van der Waals surface area contributed by atoms with Crippen molar-refractivity contribution in [3.8, 4) is 0 Å². The van der Waals surface area contributed by atoms with Gasteiger partial charge in [-0.2, -0.15) is 0 Å². The van der Waals surface area contributed by atoms with Gasteiger partial charge in [0.1, 0.15) is 17.5 Å². The van der Waals surface area contributed by atoms with E-state index in [-0.39, 0.29) is 44.7 Å². The fraction of sp³-hybridized carbons (Fsp3) is 0.610. The van der Waals surface area contributed by atoms with Crippen LogP contribution in [0.15, 0.2) is 42.5 Å². The van der Waals surface area contributed by atoms with E-state index < -0.39 is 104 Å². The zero-order valence-electron chi connectivity index (χ0n) is 33.3. The van der Waals surface area contributed by atoms with Crippen LogP contribution in [0.25, 0.3) is 0 Å². The molecular formula is C41H54FN3O10S. The van der Waals surface area contributed by atoms with E-state index in [2.05, 4.69) is 11.3 Å². The van der Waals surface area contributed by atoms with E-state index in [0.717, 1.165) is 5.57 Å². The largest absolute Gasteiger partial charge is 0.460 e. The molecule has 13 nitrogen and oxygen atoms in total.